The molecule has 0 aliphatic rings. The second-order valence-corrected chi connectivity index (χ2v) is 7.58. The van der Waals surface area contributed by atoms with Crippen molar-refractivity contribution in [2.24, 2.45) is 0 Å². The molecule has 0 atom stereocenters. The molecule has 0 radical (unpaired) electrons. The molecule has 3 aromatic carbocycles. The summed E-state index contributed by atoms with van der Waals surface area (Å²) in [5.41, 5.74) is 3.03. The van der Waals surface area contributed by atoms with Crippen LogP contribution in [0.1, 0.15) is 22.3 Å². The van der Waals surface area contributed by atoms with Gasteiger partial charge in [0.2, 0.25) is 5.91 Å². The quantitative estimate of drug-likeness (QED) is 0.443. The molecule has 0 aliphatic heterocycles. The van der Waals surface area contributed by atoms with E-state index in [0.717, 1.165) is 14.9 Å². The van der Waals surface area contributed by atoms with Gasteiger partial charge in [-0.2, -0.15) is 0 Å². The van der Waals surface area contributed by atoms with Crippen LogP contribution in [0.2, 0.25) is 0 Å². The molecule has 0 spiro atoms. The van der Waals surface area contributed by atoms with Gasteiger partial charge in [-0.25, -0.2) is 0 Å². The normalized spacial score (nSPS) is 10.3. The number of anilines is 2. The number of amides is 2. The van der Waals surface area contributed by atoms with E-state index in [9.17, 15) is 9.59 Å². The molecule has 0 aromatic heterocycles. The number of hydrogen-bond acceptors (Lipinski definition) is 3. The van der Waals surface area contributed by atoms with E-state index in [1.54, 1.807) is 49.6 Å². The van der Waals surface area contributed by atoms with Gasteiger partial charge in [0.15, 0.2) is 0 Å². The first-order valence-electron chi connectivity index (χ1n) is 9.14. The SMILES string of the molecule is COc1ccc(C(=O)Nc2ccc(NC(=O)CCc3ccccc3)cc2)cc1I. The summed E-state index contributed by atoms with van der Waals surface area (Å²) in [7, 11) is 1.60. The van der Waals surface area contributed by atoms with E-state index >= 15 is 0 Å². The average molecular weight is 500 g/mol. The standard InChI is InChI=1S/C23H21IN2O3/c1-29-21-13-8-17(15-20(21)24)23(28)26-19-11-9-18(10-12-19)25-22(27)14-7-16-5-3-2-4-6-16/h2-6,8-13,15H,7,14H2,1H3,(H,25,27)(H,26,28). The zero-order valence-electron chi connectivity index (χ0n) is 15.9. The lowest BCUT2D eigenvalue weighted by atomic mass is 10.1. The lowest BCUT2D eigenvalue weighted by Gasteiger charge is -2.09. The van der Waals surface area contributed by atoms with E-state index in [-0.39, 0.29) is 11.8 Å². The molecule has 2 N–H and O–H groups in total. The van der Waals surface area contributed by atoms with E-state index < -0.39 is 0 Å². The first-order chi connectivity index (χ1) is 14.0. The van der Waals surface area contributed by atoms with Gasteiger partial charge in [0.25, 0.3) is 5.91 Å². The van der Waals surface area contributed by atoms with E-state index in [2.05, 4.69) is 33.2 Å². The van der Waals surface area contributed by atoms with Gasteiger partial charge in [-0.05, 0) is 77.0 Å². The molecule has 148 valence electrons. The van der Waals surface area contributed by atoms with E-state index in [1.165, 1.54) is 0 Å². The molecule has 0 saturated heterocycles. The number of methoxy groups -OCH3 is 1. The monoisotopic (exact) mass is 500 g/mol. The lowest BCUT2D eigenvalue weighted by molar-refractivity contribution is -0.116. The first kappa shape index (κ1) is 20.9. The Balaban J connectivity index is 1.53. The molecule has 0 bridgehead atoms. The van der Waals surface area contributed by atoms with Crippen LogP contribution in [0.3, 0.4) is 0 Å². The summed E-state index contributed by atoms with van der Waals surface area (Å²) >= 11 is 2.13. The summed E-state index contributed by atoms with van der Waals surface area (Å²) < 4.78 is 6.08. The maximum absolute atomic E-state index is 12.4. The van der Waals surface area contributed by atoms with Crippen LogP contribution < -0.4 is 15.4 Å². The van der Waals surface area contributed by atoms with Crippen molar-refractivity contribution in [3.63, 3.8) is 0 Å². The van der Waals surface area contributed by atoms with Gasteiger partial charge in [0.1, 0.15) is 5.75 Å². The van der Waals surface area contributed by atoms with Crippen LogP contribution in [-0.2, 0) is 11.2 Å². The fraction of sp³-hybridized carbons (Fsp3) is 0.130. The highest BCUT2D eigenvalue weighted by Gasteiger charge is 2.10. The summed E-state index contributed by atoms with van der Waals surface area (Å²) in [6.45, 7) is 0. The fourth-order valence-corrected chi connectivity index (χ4v) is 3.51. The van der Waals surface area contributed by atoms with Gasteiger partial charge < -0.3 is 15.4 Å². The zero-order valence-corrected chi connectivity index (χ0v) is 18.1. The minimum absolute atomic E-state index is 0.0431. The summed E-state index contributed by atoms with van der Waals surface area (Å²) in [5.74, 6) is 0.484. The largest absolute Gasteiger partial charge is 0.496 e. The fourth-order valence-electron chi connectivity index (χ4n) is 2.77. The first-order valence-corrected chi connectivity index (χ1v) is 10.2. The van der Waals surface area contributed by atoms with Gasteiger partial charge in [-0.3, -0.25) is 9.59 Å². The summed E-state index contributed by atoms with van der Waals surface area (Å²) in [6.07, 6.45) is 1.11. The maximum Gasteiger partial charge on any atom is 0.255 e. The second kappa shape index (κ2) is 10.1. The Kier molecular flexibility index (Phi) is 7.24. The van der Waals surface area contributed by atoms with E-state index in [4.69, 9.17) is 4.74 Å². The summed E-state index contributed by atoms with van der Waals surface area (Å²) in [5, 5.41) is 5.73. The topological polar surface area (TPSA) is 67.4 Å². The molecule has 0 unspecified atom stereocenters. The van der Waals surface area contributed by atoms with Crippen molar-refractivity contribution >= 4 is 45.8 Å². The average Bonchev–Trinajstić information content (AvgIpc) is 2.74. The van der Waals surface area contributed by atoms with E-state index in [1.807, 2.05) is 30.3 Å². The van der Waals surface area contributed by atoms with Crippen LogP contribution in [0.5, 0.6) is 5.75 Å². The molecule has 3 aromatic rings. The molecular formula is C23H21IN2O3. The van der Waals surface area contributed by atoms with Crippen LogP contribution in [0.25, 0.3) is 0 Å². The number of carbonyl (C=O) groups is 2. The zero-order chi connectivity index (χ0) is 20.6. The molecule has 2 amide bonds. The Morgan fingerprint density at radius 1 is 0.897 bits per heavy atom. The number of carbonyl (C=O) groups excluding carboxylic acids is 2. The Bertz CT molecular complexity index is 989. The third-order valence-electron chi connectivity index (χ3n) is 4.32. The van der Waals surface area contributed by atoms with Crippen molar-refractivity contribution in [3.8, 4) is 5.75 Å². The molecule has 6 heteroatoms. The van der Waals surface area contributed by atoms with Crippen molar-refractivity contribution < 1.29 is 14.3 Å². The van der Waals surface area contributed by atoms with E-state index in [0.29, 0.717) is 29.8 Å². The molecule has 3 rings (SSSR count). The van der Waals surface area contributed by atoms with Gasteiger partial charge >= 0.3 is 0 Å². The highest BCUT2D eigenvalue weighted by molar-refractivity contribution is 14.1. The molecule has 0 saturated carbocycles. The van der Waals surface area contributed by atoms with Gasteiger partial charge in [0, 0.05) is 23.4 Å². The maximum atomic E-state index is 12.4. The Hall–Kier alpha value is -2.87. The number of ether oxygens (including phenoxy) is 1. The minimum Gasteiger partial charge on any atom is -0.496 e. The Morgan fingerprint density at radius 3 is 2.17 bits per heavy atom. The number of benzene rings is 3. The Labute approximate surface area is 183 Å². The molecular weight excluding hydrogens is 479 g/mol. The minimum atomic E-state index is -0.204. The molecule has 5 nitrogen and oxygen atoms in total. The smallest absolute Gasteiger partial charge is 0.255 e. The van der Waals surface area contributed by atoms with Crippen molar-refractivity contribution in [1.82, 2.24) is 0 Å². The lowest BCUT2D eigenvalue weighted by Crippen LogP contribution is -2.13. The summed E-state index contributed by atoms with van der Waals surface area (Å²) in [6, 6.07) is 22.2. The third-order valence-corrected chi connectivity index (χ3v) is 5.17. The number of hydrogen-bond donors (Lipinski definition) is 2. The third kappa shape index (κ3) is 6.05. The number of halogens is 1. The second-order valence-electron chi connectivity index (χ2n) is 6.41. The number of aryl methyl sites for hydroxylation is 1. The van der Waals surface area contributed by atoms with Crippen LogP contribution >= 0.6 is 22.6 Å². The van der Waals surface area contributed by atoms with Crippen molar-refractivity contribution in [2.75, 3.05) is 17.7 Å². The molecule has 29 heavy (non-hydrogen) atoms. The number of rotatable bonds is 7. The highest BCUT2D eigenvalue weighted by Crippen LogP contribution is 2.22. The van der Waals surface area contributed by atoms with Crippen molar-refractivity contribution in [3.05, 3.63) is 87.5 Å². The van der Waals surface area contributed by atoms with Crippen molar-refractivity contribution in [1.29, 1.82) is 0 Å². The van der Waals surface area contributed by atoms with Crippen LogP contribution in [-0.4, -0.2) is 18.9 Å². The van der Waals surface area contributed by atoms with Crippen LogP contribution in [0.15, 0.2) is 72.8 Å². The molecule has 0 heterocycles. The predicted octanol–water partition coefficient (Wildman–Crippen LogP) is 5.12. The van der Waals surface area contributed by atoms with Gasteiger partial charge in [0.05, 0.1) is 10.7 Å². The van der Waals surface area contributed by atoms with Crippen LogP contribution in [0, 0.1) is 3.57 Å². The van der Waals surface area contributed by atoms with Crippen LogP contribution in [0.4, 0.5) is 11.4 Å². The van der Waals surface area contributed by atoms with Crippen molar-refractivity contribution in [2.45, 2.75) is 12.8 Å². The molecule has 0 fully saturated rings. The highest BCUT2D eigenvalue weighted by atomic mass is 127. The molecule has 0 aliphatic carbocycles. The number of nitrogens with one attached hydrogen (secondary N) is 2. The Morgan fingerprint density at radius 2 is 1.55 bits per heavy atom. The predicted molar refractivity (Wildman–Crippen MR) is 123 cm³/mol. The van der Waals surface area contributed by atoms with Gasteiger partial charge in [-0.1, -0.05) is 30.3 Å². The summed E-state index contributed by atoms with van der Waals surface area (Å²) in [4.78, 5) is 24.5. The van der Waals surface area contributed by atoms with Gasteiger partial charge in [-0.15, -0.1) is 0 Å².